The minimum Gasteiger partial charge on any atom is -0.344 e. The lowest BCUT2D eigenvalue weighted by atomic mass is 9.92. The molecular weight excluding hydrogens is 242 g/mol. The summed E-state index contributed by atoms with van der Waals surface area (Å²) in [7, 11) is 2.17. The summed E-state index contributed by atoms with van der Waals surface area (Å²) in [6, 6.07) is 8.57. The molecule has 20 heavy (non-hydrogen) atoms. The van der Waals surface area contributed by atoms with Gasteiger partial charge in [0.15, 0.2) is 0 Å². The Morgan fingerprint density at radius 3 is 1.60 bits per heavy atom. The highest BCUT2D eigenvalue weighted by molar-refractivity contribution is 5.74. The second kappa shape index (κ2) is 5.32. The molecule has 0 N–H and O–H groups in total. The summed E-state index contributed by atoms with van der Waals surface area (Å²) in [6.07, 6.45) is 0. The molecule has 0 fully saturated rings. The summed E-state index contributed by atoms with van der Waals surface area (Å²) in [5, 5.41) is 0. The summed E-state index contributed by atoms with van der Waals surface area (Å²) >= 11 is 0. The van der Waals surface area contributed by atoms with Gasteiger partial charge in [0.25, 0.3) is 0 Å². The first kappa shape index (κ1) is 14.6. The lowest BCUT2D eigenvalue weighted by molar-refractivity contribution is 1.10. The average molecular weight is 267 g/mol. The lowest BCUT2D eigenvalue weighted by Gasteiger charge is -2.28. The fraction of sp³-hybridized carbons (Fsp3) is 0.368. The van der Waals surface area contributed by atoms with E-state index in [4.69, 9.17) is 0 Å². The first-order valence-electron chi connectivity index (χ1n) is 7.22. The van der Waals surface area contributed by atoms with Gasteiger partial charge < -0.3 is 4.90 Å². The molecule has 106 valence electrons. The van der Waals surface area contributed by atoms with Crippen LogP contribution < -0.4 is 4.90 Å². The Hall–Kier alpha value is -1.76. The van der Waals surface area contributed by atoms with Crippen LogP contribution in [0, 0.1) is 41.5 Å². The van der Waals surface area contributed by atoms with E-state index in [1.165, 1.54) is 44.8 Å². The zero-order valence-corrected chi connectivity index (χ0v) is 13.8. The number of aryl methyl sites for hydroxylation is 1. The van der Waals surface area contributed by atoms with E-state index >= 15 is 0 Å². The molecule has 1 heteroatoms. The Balaban J connectivity index is 2.68. The quantitative estimate of drug-likeness (QED) is 0.713. The van der Waals surface area contributed by atoms with Crippen LogP contribution in [0.1, 0.15) is 33.4 Å². The molecule has 0 saturated heterocycles. The van der Waals surface area contributed by atoms with Gasteiger partial charge in [0.05, 0.1) is 0 Å². The molecular formula is C19H25N. The van der Waals surface area contributed by atoms with Gasteiger partial charge in [-0.2, -0.15) is 0 Å². The SMILES string of the molecule is Cc1ccccc1N(C)c1c(C)c(C)c(C)c(C)c1C. The maximum absolute atomic E-state index is 2.33. The van der Waals surface area contributed by atoms with Crippen molar-refractivity contribution in [1.29, 1.82) is 0 Å². The van der Waals surface area contributed by atoms with Crippen LogP contribution in [0.2, 0.25) is 0 Å². The van der Waals surface area contributed by atoms with Crippen molar-refractivity contribution in [3.05, 3.63) is 57.6 Å². The summed E-state index contributed by atoms with van der Waals surface area (Å²) in [5.41, 5.74) is 10.9. The molecule has 2 aromatic rings. The van der Waals surface area contributed by atoms with E-state index in [1.54, 1.807) is 0 Å². The van der Waals surface area contributed by atoms with Gasteiger partial charge in [0.2, 0.25) is 0 Å². The molecule has 1 nitrogen and oxygen atoms in total. The number of para-hydroxylation sites is 1. The van der Waals surface area contributed by atoms with Crippen LogP contribution in [-0.4, -0.2) is 7.05 Å². The third kappa shape index (κ3) is 2.22. The molecule has 0 aromatic heterocycles. The minimum absolute atomic E-state index is 1.28. The van der Waals surface area contributed by atoms with Crippen molar-refractivity contribution in [2.75, 3.05) is 11.9 Å². The zero-order chi connectivity index (χ0) is 15.0. The van der Waals surface area contributed by atoms with Crippen LogP contribution >= 0.6 is 0 Å². The Morgan fingerprint density at radius 2 is 1.10 bits per heavy atom. The van der Waals surface area contributed by atoms with Crippen molar-refractivity contribution in [1.82, 2.24) is 0 Å². The van der Waals surface area contributed by atoms with Gasteiger partial charge in [-0.05, 0) is 81.0 Å². The third-order valence-electron chi connectivity index (χ3n) is 4.77. The van der Waals surface area contributed by atoms with E-state index in [0.717, 1.165) is 0 Å². The molecule has 0 atom stereocenters. The van der Waals surface area contributed by atoms with E-state index in [-0.39, 0.29) is 0 Å². The van der Waals surface area contributed by atoms with Crippen LogP contribution in [0.5, 0.6) is 0 Å². The highest BCUT2D eigenvalue weighted by Gasteiger charge is 2.17. The molecule has 0 amide bonds. The van der Waals surface area contributed by atoms with Crippen molar-refractivity contribution >= 4 is 11.4 Å². The molecule has 0 heterocycles. The standard InChI is InChI=1S/C19H25N/c1-12-10-8-9-11-18(12)20(7)19-16(5)14(3)13(2)15(4)17(19)6/h8-11H,1-7H3. The van der Waals surface area contributed by atoms with Gasteiger partial charge in [-0.15, -0.1) is 0 Å². The van der Waals surface area contributed by atoms with Crippen molar-refractivity contribution in [3.63, 3.8) is 0 Å². The molecule has 0 unspecified atom stereocenters. The van der Waals surface area contributed by atoms with Crippen LogP contribution in [-0.2, 0) is 0 Å². The van der Waals surface area contributed by atoms with Crippen LogP contribution in [0.4, 0.5) is 11.4 Å². The van der Waals surface area contributed by atoms with E-state index in [1.807, 2.05) is 0 Å². The van der Waals surface area contributed by atoms with E-state index in [9.17, 15) is 0 Å². The van der Waals surface area contributed by atoms with Crippen LogP contribution in [0.25, 0.3) is 0 Å². The highest BCUT2D eigenvalue weighted by atomic mass is 15.1. The first-order chi connectivity index (χ1) is 9.36. The largest absolute Gasteiger partial charge is 0.344 e. The molecule has 2 aromatic carbocycles. The number of benzene rings is 2. The Kier molecular flexibility index (Phi) is 3.89. The molecule has 0 bridgehead atoms. The molecule has 2 rings (SSSR count). The third-order valence-corrected chi connectivity index (χ3v) is 4.77. The van der Waals surface area contributed by atoms with Gasteiger partial charge in [-0.3, -0.25) is 0 Å². The number of hydrogen-bond acceptors (Lipinski definition) is 1. The highest BCUT2D eigenvalue weighted by Crippen LogP contribution is 2.36. The normalized spacial score (nSPS) is 10.8. The maximum Gasteiger partial charge on any atom is 0.0473 e. The van der Waals surface area contributed by atoms with E-state index in [2.05, 4.69) is 77.8 Å². The molecule has 0 saturated carbocycles. The molecule has 0 aliphatic rings. The fourth-order valence-electron chi connectivity index (χ4n) is 3.04. The fourth-order valence-corrected chi connectivity index (χ4v) is 3.04. The zero-order valence-electron chi connectivity index (χ0n) is 13.8. The van der Waals surface area contributed by atoms with Crippen molar-refractivity contribution < 1.29 is 0 Å². The van der Waals surface area contributed by atoms with Gasteiger partial charge >= 0.3 is 0 Å². The Morgan fingerprint density at radius 1 is 0.650 bits per heavy atom. The van der Waals surface area contributed by atoms with Crippen molar-refractivity contribution in [2.45, 2.75) is 41.5 Å². The second-order valence-corrected chi connectivity index (χ2v) is 5.82. The number of nitrogens with zero attached hydrogens (tertiary/aromatic N) is 1. The Bertz CT molecular complexity index is 624. The summed E-state index contributed by atoms with van der Waals surface area (Å²) in [4.78, 5) is 2.33. The molecule has 0 spiro atoms. The number of anilines is 2. The second-order valence-electron chi connectivity index (χ2n) is 5.82. The summed E-state index contributed by atoms with van der Waals surface area (Å²) in [6.45, 7) is 13.3. The number of rotatable bonds is 2. The molecule has 0 aliphatic carbocycles. The smallest absolute Gasteiger partial charge is 0.0473 e. The topological polar surface area (TPSA) is 3.24 Å². The minimum atomic E-state index is 1.28. The van der Waals surface area contributed by atoms with E-state index < -0.39 is 0 Å². The predicted molar refractivity (Wildman–Crippen MR) is 89.4 cm³/mol. The predicted octanol–water partition coefficient (Wildman–Crippen LogP) is 5.31. The first-order valence-corrected chi connectivity index (χ1v) is 7.22. The molecule has 0 radical (unpaired) electrons. The van der Waals surface area contributed by atoms with Gasteiger partial charge in [-0.25, -0.2) is 0 Å². The number of hydrogen-bond donors (Lipinski definition) is 0. The summed E-state index contributed by atoms with van der Waals surface area (Å²) in [5.74, 6) is 0. The van der Waals surface area contributed by atoms with Crippen molar-refractivity contribution in [3.8, 4) is 0 Å². The monoisotopic (exact) mass is 267 g/mol. The van der Waals surface area contributed by atoms with Gasteiger partial charge in [0.1, 0.15) is 0 Å². The van der Waals surface area contributed by atoms with Crippen LogP contribution in [0.15, 0.2) is 24.3 Å². The van der Waals surface area contributed by atoms with Gasteiger partial charge in [-0.1, -0.05) is 18.2 Å². The lowest BCUT2D eigenvalue weighted by Crippen LogP contribution is -2.15. The van der Waals surface area contributed by atoms with E-state index in [0.29, 0.717) is 0 Å². The van der Waals surface area contributed by atoms with Crippen molar-refractivity contribution in [2.24, 2.45) is 0 Å². The Labute approximate surface area is 123 Å². The van der Waals surface area contributed by atoms with Crippen LogP contribution in [0.3, 0.4) is 0 Å². The maximum atomic E-state index is 2.33. The van der Waals surface area contributed by atoms with Gasteiger partial charge in [0, 0.05) is 18.4 Å². The molecule has 0 aliphatic heterocycles. The average Bonchev–Trinajstić information content (AvgIpc) is 2.43. The summed E-state index contributed by atoms with van der Waals surface area (Å²) < 4.78 is 0.